The number of hydrogen-bond donors (Lipinski definition) is 2. The fourth-order valence-electron chi connectivity index (χ4n) is 2.07. The van der Waals surface area contributed by atoms with Gasteiger partial charge >= 0.3 is 0 Å². The lowest BCUT2D eigenvalue weighted by atomic mass is 9.84. The highest BCUT2D eigenvalue weighted by Crippen LogP contribution is 2.26. The van der Waals surface area contributed by atoms with Crippen molar-refractivity contribution >= 4 is 10.8 Å². The predicted molar refractivity (Wildman–Crippen MR) is 69.9 cm³/mol. The first-order chi connectivity index (χ1) is 8.18. The number of rotatable bonds is 4. The summed E-state index contributed by atoms with van der Waals surface area (Å²) in [7, 11) is 0. The van der Waals surface area contributed by atoms with Gasteiger partial charge in [-0.25, -0.2) is 0 Å². The number of hydrogen-bond acceptors (Lipinski definition) is 2. The molecule has 0 aliphatic carbocycles. The van der Waals surface area contributed by atoms with Gasteiger partial charge in [-0.05, 0) is 22.8 Å². The van der Waals surface area contributed by atoms with E-state index in [4.69, 9.17) is 0 Å². The van der Waals surface area contributed by atoms with Crippen LogP contribution in [0.25, 0.3) is 10.8 Å². The molecule has 2 nitrogen and oxygen atoms in total. The van der Waals surface area contributed by atoms with Gasteiger partial charge in [-0.15, -0.1) is 0 Å². The Morgan fingerprint density at radius 1 is 0.941 bits per heavy atom. The van der Waals surface area contributed by atoms with Gasteiger partial charge < -0.3 is 10.2 Å². The van der Waals surface area contributed by atoms with E-state index >= 15 is 0 Å². The SMILES string of the molecule is CC(CO)(CO)Cc1cccc2ccccc12. The fourth-order valence-corrected chi connectivity index (χ4v) is 2.07. The molecule has 0 aliphatic heterocycles. The number of fused-ring (bicyclic) bond motifs is 1. The van der Waals surface area contributed by atoms with Crippen LogP contribution in [0.2, 0.25) is 0 Å². The zero-order chi connectivity index (χ0) is 12.3. The Bertz CT molecular complexity index is 496. The Balaban J connectivity index is 2.42. The first-order valence-electron chi connectivity index (χ1n) is 5.87. The normalized spacial score (nSPS) is 11.9. The summed E-state index contributed by atoms with van der Waals surface area (Å²) >= 11 is 0. The molecule has 0 heterocycles. The molecule has 2 rings (SSSR count). The van der Waals surface area contributed by atoms with Crippen LogP contribution in [0.15, 0.2) is 42.5 Å². The molecular formula is C15H18O2. The van der Waals surface area contributed by atoms with E-state index in [9.17, 15) is 10.2 Å². The van der Waals surface area contributed by atoms with E-state index in [0.717, 1.165) is 0 Å². The summed E-state index contributed by atoms with van der Waals surface area (Å²) in [6.07, 6.45) is 0.682. The van der Waals surface area contributed by atoms with E-state index in [1.54, 1.807) is 0 Å². The quantitative estimate of drug-likeness (QED) is 0.846. The predicted octanol–water partition coefficient (Wildman–Crippen LogP) is 2.37. The molecular weight excluding hydrogens is 212 g/mol. The molecule has 90 valence electrons. The van der Waals surface area contributed by atoms with Gasteiger partial charge in [0.05, 0.1) is 13.2 Å². The topological polar surface area (TPSA) is 40.5 Å². The molecule has 2 aromatic carbocycles. The van der Waals surface area contributed by atoms with Gasteiger partial charge in [0.2, 0.25) is 0 Å². The Morgan fingerprint density at radius 2 is 1.59 bits per heavy atom. The van der Waals surface area contributed by atoms with Gasteiger partial charge in [0, 0.05) is 5.41 Å². The third-order valence-electron chi connectivity index (χ3n) is 3.26. The third-order valence-corrected chi connectivity index (χ3v) is 3.26. The van der Waals surface area contributed by atoms with Crippen LogP contribution < -0.4 is 0 Å². The highest BCUT2D eigenvalue weighted by Gasteiger charge is 2.23. The zero-order valence-corrected chi connectivity index (χ0v) is 10.1. The minimum atomic E-state index is -0.454. The maximum Gasteiger partial charge on any atom is 0.0509 e. The Kier molecular flexibility index (Phi) is 3.46. The molecule has 0 radical (unpaired) electrons. The molecule has 2 N–H and O–H groups in total. The minimum absolute atomic E-state index is 0.00722. The average Bonchev–Trinajstić information content (AvgIpc) is 2.39. The molecule has 0 aliphatic rings. The summed E-state index contributed by atoms with van der Waals surface area (Å²) in [5, 5.41) is 21.1. The molecule has 0 saturated carbocycles. The lowest BCUT2D eigenvalue weighted by Crippen LogP contribution is -2.28. The fraction of sp³-hybridized carbons (Fsp3) is 0.333. The monoisotopic (exact) mass is 230 g/mol. The van der Waals surface area contributed by atoms with E-state index in [-0.39, 0.29) is 13.2 Å². The van der Waals surface area contributed by atoms with Gasteiger partial charge in [0.25, 0.3) is 0 Å². The first-order valence-corrected chi connectivity index (χ1v) is 5.87. The highest BCUT2D eigenvalue weighted by atomic mass is 16.3. The number of benzene rings is 2. The number of aliphatic hydroxyl groups excluding tert-OH is 2. The second kappa shape index (κ2) is 4.86. The van der Waals surface area contributed by atoms with E-state index in [0.29, 0.717) is 6.42 Å². The van der Waals surface area contributed by atoms with Gasteiger partial charge in [0.1, 0.15) is 0 Å². The smallest absolute Gasteiger partial charge is 0.0509 e. The third kappa shape index (κ3) is 2.48. The van der Waals surface area contributed by atoms with Gasteiger partial charge in [-0.3, -0.25) is 0 Å². The molecule has 2 heteroatoms. The zero-order valence-electron chi connectivity index (χ0n) is 10.1. The molecule has 0 bridgehead atoms. The maximum absolute atomic E-state index is 9.36. The molecule has 0 unspecified atom stereocenters. The standard InChI is InChI=1S/C15H18O2/c1-15(10-16,11-17)9-13-7-4-6-12-5-2-3-8-14(12)13/h2-8,16-17H,9-11H2,1H3. The van der Waals surface area contributed by atoms with Crippen molar-refractivity contribution in [2.45, 2.75) is 13.3 Å². The molecule has 0 saturated heterocycles. The summed E-state index contributed by atoms with van der Waals surface area (Å²) in [6, 6.07) is 14.4. The summed E-state index contributed by atoms with van der Waals surface area (Å²) in [6.45, 7) is 1.88. The summed E-state index contributed by atoms with van der Waals surface area (Å²) < 4.78 is 0. The lowest BCUT2D eigenvalue weighted by Gasteiger charge is -2.25. The van der Waals surface area contributed by atoms with E-state index in [2.05, 4.69) is 24.3 Å². The van der Waals surface area contributed by atoms with Crippen molar-refractivity contribution in [2.24, 2.45) is 5.41 Å². The molecule has 0 amide bonds. The molecule has 0 aromatic heterocycles. The van der Waals surface area contributed by atoms with Crippen LogP contribution >= 0.6 is 0 Å². The number of aliphatic hydroxyl groups is 2. The molecule has 0 atom stereocenters. The van der Waals surface area contributed by atoms with Crippen molar-refractivity contribution in [3.63, 3.8) is 0 Å². The van der Waals surface area contributed by atoms with Crippen LogP contribution in [-0.2, 0) is 6.42 Å². The summed E-state index contributed by atoms with van der Waals surface area (Å²) in [5.41, 5.74) is 0.720. The highest BCUT2D eigenvalue weighted by molar-refractivity contribution is 5.85. The van der Waals surface area contributed by atoms with Crippen LogP contribution in [0.4, 0.5) is 0 Å². The van der Waals surface area contributed by atoms with Gasteiger partial charge in [0.15, 0.2) is 0 Å². The Morgan fingerprint density at radius 3 is 2.29 bits per heavy atom. The maximum atomic E-state index is 9.36. The van der Waals surface area contributed by atoms with Crippen molar-refractivity contribution in [1.29, 1.82) is 0 Å². The minimum Gasteiger partial charge on any atom is -0.396 e. The van der Waals surface area contributed by atoms with E-state index < -0.39 is 5.41 Å². The molecule has 2 aromatic rings. The molecule has 17 heavy (non-hydrogen) atoms. The largest absolute Gasteiger partial charge is 0.396 e. The summed E-state index contributed by atoms with van der Waals surface area (Å²) in [4.78, 5) is 0. The average molecular weight is 230 g/mol. The van der Waals surface area contributed by atoms with Crippen molar-refractivity contribution in [3.8, 4) is 0 Å². The second-order valence-corrected chi connectivity index (χ2v) is 4.94. The van der Waals surface area contributed by atoms with Crippen LogP contribution in [0.5, 0.6) is 0 Å². The van der Waals surface area contributed by atoms with Crippen LogP contribution in [0.3, 0.4) is 0 Å². The van der Waals surface area contributed by atoms with Crippen molar-refractivity contribution in [2.75, 3.05) is 13.2 Å². The van der Waals surface area contributed by atoms with E-state index in [1.807, 2.05) is 25.1 Å². The Hall–Kier alpha value is -1.38. The second-order valence-electron chi connectivity index (χ2n) is 4.94. The van der Waals surface area contributed by atoms with Crippen molar-refractivity contribution < 1.29 is 10.2 Å². The van der Waals surface area contributed by atoms with Gasteiger partial charge in [-0.2, -0.15) is 0 Å². The van der Waals surface area contributed by atoms with E-state index in [1.165, 1.54) is 16.3 Å². The van der Waals surface area contributed by atoms with Crippen molar-refractivity contribution in [1.82, 2.24) is 0 Å². The molecule has 0 fully saturated rings. The first kappa shape index (κ1) is 12.1. The van der Waals surface area contributed by atoms with Gasteiger partial charge in [-0.1, -0.05) is 49.4 Å². The van der Waals surface area contributed by atoms with Crippen LogP contribution in [0.1, 0.15) is 12.5 Å². The lowest BCUT2D eigenvalue weighted by molar-refractivity contribution is 0.0706. The van der Waals surface area contributed by atoms with Crippen LogP contribution in [-0.4, -0.2) is 23.4 Å². The summed E-state index contributed by atoms with van der Waals surface area (Å²) in [5.74, 6) is 0. The molecule has 0 spiro atoms. The Labute approximate surface area is 102 Å². The van der Waals surface area contributed by atoms with Crippen LogP contribution in [0, 0.1) is 5.41 Å². The van der Waals surface area contributed by atoms with Crippen molar-refractivity contribution in [3.05, 3.63) is 48.0 Å².